The van der Waals surface area contributed by atoms with Crippen LogP contribution in [0.1, 0.15) is 18.9 Å². The molecule has 0 aliphatic carbocycles. The normalized spacial score (nSPS) is 23.0. The van der Waals surface area contributed by atoms with Crippen molar-refractivity contribution in [1.82, 2.24) is 4.31 Å². The first kappa shape index (κ1) is 16.6. The maximum absolute atomic E-state index is 14.2. The quantitative estimate of drug-likeness (QED) is 0.792. The molecule has 1 aromatic carbocycles. The molecule has 21 heavy (non-hydrogen) atoms. The predicted octanol–water partition coefficient (Wildman–Crippen LogP) is 2.50. The van der Waals surface area contributed by atoms with E-state index in [4.69, 9.17) is 16.3 Å². The number of rotatable bonds is 4. The molecule has 0 spiro atoms. The van der Waals surface area contributed by atoms with Crippen LogP contribution in [-0.2, 0) is 20.6 Å². The molecule has 1 aliphatic heterocycles. The van der Waals surface area contributed by atoms with Crippen LogP contribution in [0.5, 0.6) is 0 Å². The number of ether oxygens (including phenoxy) is 1. The van der Waals surface area contributed by atoms with Crippen LogP contribution in [0.3, 0.4) is 0 Å². The van der Waals surface area contributed by atoms with E-state index in [1.54, 1.807) is 6.92 Å². The second kappa shape index (κ2) is 6.16. The van der Waals surface area contributed by atoms with Gasteiger partial charge in [0.25, 0.3) is 0 Å². The maximum Gasteiger partial charge on any atom is 0.246 e. The van der Waals surface area contributed by atoms with E-state index in [0.29, 0.717) is 13.0 Å². The van der Waals surface area contributed by atoms with Crippen LogP contribution in [-0.4, -0.2) is 38.5 Å². The fourth-order valence-corrected chi connectivity index (χ4v) is 4.21. The monoisotopic (exact) mass is 339 g/mol. The van der Waals surface area contributed by atoms with E-state index in [-0.39, 0.29) is 12.1 Å². The molecule has 0 amide bonds. The molecule has 4 nitrogen and oxygen atoms in total. The molecule has 1 aromatic rings. The third-order valence-electron chi connectivity index (χ3n) is 3.74. The van der Waals surface area contributed by atoms with Crippen LogP contribution in [0.2, 0.25) is 0 Å². The number of hydrogen-bond acceptors (Lipinski definition) is 3. The Labute approximate surface area is 127 Å². The highest BCUT2D eigenvalue weighted by molar-refractivity contribution is 7.89. The second-order valence-electron chi connectivity index (χ2n) is 4.92. The fraction of sp³-hybridized carbons (Fsp3) is 0.538. The molecule has 0 radical (unpaired) electrons. The molecule has 0 saturated carbocycles. The molecule has 118 valence electrons. The summed E-state index contributed by atoms with van der Waals surface area (Å²) in [5.41, 5.74) is -0.443. The second-order valence-corrected chi connectivity index (χ2v) is 7.16. The van der Waals surface area contributed by atoms with Gasteiger partial charge in [-0.15, -0.1) is 11.6 Å². The maximum atomic E-state index is 14.2. The van der Waals surface area contributed by atoms with Crippen LogP contribution in [0.25, 0.3) is 0 Å². The molecular formula is C13H16ClF2NO3S. The van der Waals surface area contributed by atoms with Gasteiger partial charge in [-0.1, -0.05) is 0 Å². The number of benzene rings is 1. The van der Waals surface area contributed by atoms with Crippen molar-refractivity contribution >= 4 is 21.6 Å². The van der Waals surface area contributed by atoms with Crippen LogP contribution < -0.4 is 0 Å². The number of halogens is 3. The number of likely N-dealkylation sites (N-methyl/N-ethyl adjacent to an activating group) is 1. The number of nitrogens with zero attached hydrogens (tertiary/aromatic N) is 1. The topological polar surface area (TPSA) is 46.6 Å². The van der Waals surface area contributed by atoms with Gasteiger partial charge in [0, 0.05) is 19.2 Å². The average molecular weight is 340 g/mol. The molecule has 1 saturated heterocycles. The summed E-state index contributed by atoms with van der Waals surface area (Å²) < 4.78 is 59.1. The van der Waals surface area contributed by atoms with E-state index >= 15 is 0 Å². The zero-order valence-electron chi connectivity index (χ0n) is 11.6. The van der Waals surface area contributed by atoms with Gasteiger partial charge < -0.3 is 4.74 Å². The van der Waals surface area contributed by atoms with Crippen LogP contribution >= 0.6 is 11.6 Å². The van der Waals surface area contributed by atoms with E-state index in [9.17, 15) is 17.2 Å². The third kappa shape index (κ3) is 2.92. The summed E-state index contributed by atoms with van der Waals surface area (Å²) in [6.45, 7) is 2.21. The molecule has 0 aromatic heterocycles. The Morgan fingerprint density at radius 2 is 2.10 bits per heavy atom. The number of hydrogen-bond donors (Lipinski definition) is 0. The standard InChI is InChI=1S/C13H16ClF2NO3S/c1-8-11(5-6-20-8)17(2)21(18,19)12-4-3-10(15)9(7-14)13(12)16/h3-4,8,11H,5-7H2,1-2H3. The van der Waals surface area contributed by atoms with Gasteiger partial charge in [-0.25, -0.2) is 17.2 Å². The minimum absolute atomic E-state index is 0.277. The van der Waals surface area contributed by atoms with Gasteiger partial charge >= 0.3 is 0 Å². The number of sulfonamides is 1. The highest BCUT2D eigenvalue weighted by Gasteiger charge is 2.37. The molecular weight excluding hydrogens is 324 g/mol. The van der Waals surface area contributed by atoms with Gasteiger partial charge in [0.15, 0.2) is 5.82 Å². The zero-order chi connectivity index (χ0) is 15.8. The molecule has 1 fully saturated rings. The van der Waals surface area contributed by atoms with Crippen molar-refractivity contribution in [3.05, 3.63) is 29.3 Å². The molecule has 1 heterocycles. The van der Waals surface area contributed by atoms with Crippen molar-refractivity contribution in [3.63, 3.8) is 0 Å². The minimum Gasteiger partial charge on any atom is -0.377 e. The van der Waals surface area contributed by atoms with E-state index in [1.165, 1.54) is 7.05 Å². The van der Waals surface area contributed by atoms with Gasteiger partial charge in [0.2, 0.25) is 10.0 Å². The van der Waals surface area contributed by atoms with Crippen molar-refractivity contribution in [3.8, 4) is 0 Å². The van der Waals surface area contributed by atoms with Gasteiger partial charge in [0.1, 0.15) is 10.7 Å². The summed E-state index contributed by atoms with van der Waals surface area (Å²) in [6.07, 6.45) is 0.253. The Balaban J connectivity index is 2.44. The first-order chi connectivity index (χ1) is 9.80. The Bertz CT molecular complexity index is 639. The van der Waals surface area contributed by atoms with E-state index in [2.05, 4.69) is 0 Å². The van der Waals surface area contributed by atoms with E-state index in [0.717, 1.165) is 16.4 Å². The van der Waals surface area contributed by atoms with Gasteiger partial charge in [-0.2, -0.15) is 4.31 Å². The van der Waals surface area contributed by atoms with E-state index < -0.39 is 38.0 Å². The fourth-order valence-electron chi connectivity index (χ4n) is 2.43. The molecule has 2 rings (SSSR count). The summed E-state index contributed by atoms with van der Waals surface area (Å²) >= 11 is 5.48. The van der Waals surface area contributed by atoms with Crippen LogP contribution in [0.15, 0.2) is 17.0 Å². The molecule has 0 bridgehead atoms. The minimum atomic E-state index is -4.08. The SMILES string of the molecule is CC1OCCC1N(C)S(=O)(=O)c1ccc(F)c(CCl)c1F. The van der Waals surface area contributed by atoms with Crippen molar-refractivity contribution in [2.24, 2.45) is 0 Å². The smallest absolute Gasteiger partial charge is 0.246 e. The Morgan fingerprint density at radius 3 is 2.62 bits per heavy atom. The number of alkyl halides is 1. The Kier molecular flexibility index (Phi) is 4.87. The van der Waals surface area contributed by atoms with Crippen LogP contribution in [0.4, 0.5) is 8.78 Å². The lowest BCUT2D eigenvalue weighted by Crippen LogP contribution is -2.41. The lowest BCUT2D eigenvalue weighted by Gasteiger charge is -2.26. The van der Waals surface area contributed by atoms with E-state index in [1.807, 2.05) is 0 Å². The summed E-state index contributed by atoms with van der Waals surface area (Å²) in [6, 6.07) is 1.46. The first-order valence-electron chi connectivity index (χ1n) is 6.43. The molecule has 0 N–H and O–H groups in total. The van der Waals surface area contributed by atoms with Gasteiger partial charge in [0.05, 0.1) is 18.0 Å². The van der Waals surface area contributed by atoms with Crippen molar-refractivity contribution < 1.29 is 21.9 Å². The molecule has 2 unspecified atom stereocenters. The first-order valence-corrected chi connectivity index (χ1v) is 8.40. The van der Waals surface area contributed by atoms with Crippen LogP contribution in [0, 0.1) is 11.6 Å². The summed E-state index contributed by atoms with van der Waals surface area (Å²) in [4.78, 5) is -0.568. The lowest BCUT2D eigenvalue weighted by molar-refractivity contribution is 0.102. The Hall–Kier alpha value is -0.760. The van der Waals surface area contributed by atoms with Gasteiger partial charge in [-0.05, 0) is 25.5 Å². The zero-order valence-corrected chi connectivity index (χ0v) is 13.2. The van der Waals surface area contributed by atoms with Crippen molar-refractivity contribution in [2.75, 3.05) is 13.7 Å². The summed E-state index contributed by atoms with van der Waals surface area (Å²) in [7, 11) is -2.71. The largest absolute Gasteiger partial charge is 0.377 e. The lowest BCUT2D eigenvalue weighted by atomic mass is 10.2. The third-order valence-corrected chi connectivity index (χ3v) is 5.91. The highest BCUT2D eigenvalue weighted by Crippen LogP contribution is 2.28. The predicted molar refractivity (Wildman–Crippen MR) is 74.7 cm³/mol. The summed E-state index contributed by atoms with van der Waals surface area (Å²) in [5, 5.41) is 0. The van der Waals surface area contributed by atoms with Crippen molar-refractivity contribution in [1.29, 1.82) is 0 Å². The molecule has 8 heteroatoms. The molecule has 1 aliphatic rings. The Morgan fingerprint density at radius 1 is 1.43 bits per heavy atom. The summed E-state index contributed by atoms with van der Waals surface area (Å²) in [5.74, 6) is -2.43. The van der Waals surface area contributed by atoms with Crippen molar-refractivity contribution in [2.45, 2.75) is 36.3 Å². The average Bonchev–Trinajstić information content (AvgIpc) is 2.84. The molecule has 2 atom stereocenters. The van der Waals surface area contributed by atoms with Gasteiger partial charge in [-0.3, -0.25) is 0 Å². The highest BCUT2D eigenvalue weighted by atomic mass is 35.5.